The van der Waals surface area contributed by atoms with Crippen molar-refractivity contribution in [1.82, 2.24) is 0 Å². The SMILES string of the molecule is CC(C)(C)C[C@H]1C=C[C@@H](OCC(=O)O)CC1. The van der Waals surface area contributed by atoms with Gasteiger partial charge in [0.05, 0.1) is 6.10 Å². The molecular formula is C13H22O3. The van der Waals surface area contributed by atoms with E-state index < -0.39 is 5.97 Å². The minimum Gasteiger partial charge on any atom is -0.480 e. The quantitative estimate of drug-likeness (QED) is 0.750. The van der Waals surface area contributed by atoms with E-state index in [2.05, 4.69) is 26.8 Å². The van der Waals surface area contributed by atoms with Gasteiger partial charge in [-0.15, -0.1) is 0 Å². The maximum Gasteiger partial charge on any atom is 0.329 e. The van der Waals surface area contributed by atoms with E-state index in [1.54, 1.807) is 0 Å². The largest absolute Gasteiger partial charge is 0.480 e. The number of hydrogen-bond donors (Lipinski definition) is 1. The Kier molecular flexibility index (Phi) is 4.54. The summed E-state index contributed by atoms with van der Waals surface area (Å²) < 4.78 is 5.24. The zero-order valence-electron chi connectivity index (χ0n) is 10.4. The monoisotopic (exact) mass is 226 g/mol. The van der Waals surface area contributed by atoms with Gasteiger partial charge in [0.25, 0.3) is 0 Å². The molecular weight excluding hydrogens is 204 g/mol. The first-order valence-electron chi connectivity index (χ1n) is 5.88. The van der Waals surface area contributed by atoms with Gasteiger partial charge in [0.15, 0.2) is 0 Å². The first kappa shape index (κ1) is 13.2. The van der Waals surface area contributed by atoms with Gasteiger partial charge in [-0.1, -0.05) is 32.9 Å². The van der Waals surface area contributed by atoms with Crippen molar-refractivity contribution in [2.75, 3.05) is 6.61 Å². The molecule has 0 aromatic carbocycles. The summed E-state index contributed by atoms with van der Waals surface area (Å²) in [5.41, 5.74) is 0.351. The van der Waals surface area contributed by atoms with Gasteiger partial charge in [-0.2, -0.15) is 0 Å². The van der Waals surface area contributed by atoms with Crippen molar-refractivity contribution in [3.8, 4) is 0 Å². The zero-order valence-corrected chi connectivity index (χ0v) is 10.4. The Morgan fingerprint density at radius 3 is 2.50 bits per heavy atom. The van der Waals surface area contributed by atoms with Crippen LogP contribution in [0.5, 0.6) is 0 Å². The van der Waals surface area contributed by atoms with Gasteiger partial charge in [-0.25, -0.2) is 4.79 Å². The number of ether oxygens (including phenoxy) is 1. The van der Waals surface area contributed by atoms with E-state index >= 15 is 0 Å². The summed E-state index contributed by atoms with van der Waals surface area (Å²) in [7, 11) is 0. The van der Waals surface area contributed by atoms with Crippen molar-refractivity contribution in [3.63, 3.8) is 0 Å². The number of hydrogen-bond acceptors (Lipinski definition) is 2. The molecule has 0 aromatic rings. The maximum atomic E-state index is 10.3. The van der Waals surface area contributed by atoms with E-state index in [0.717, 1.165) is 12.8 Å². The molecule has 0 saturated carbocycles. The molecule has 1 aliphatic rings. The Labute approximate surface area is 97.5 Å². The summed E-state index contributed by atoms with van der Waals surface area (Å²) in [5, 5.41) is 8.50. The standard InChI is InChI=1S/C13H22O3/c1-13(2,3)8-10-4-6-11(7-5-10)16-9-12(14)15/h4,6,10-11H,5,7-9H2,1-3H3,(H,14,15)/t10-,11+/m0/s1. The molecule has 0 aliphatic heterocycles. The summed E-state index contributed by atoms with van der Waals surface area (Å²) in [4.78, 5) is 10.3. The third-order valence-corrected chi connectivity index (χ3v) is 2.72. The van der Waals surface area contributed by atoms with E-state index in [0.29, 0.717) is 11.3 Å². The smallest absolute Gasteiger partial charge is 0.329 e. The highest BCUT2D eigenvalue weighted by Gasteiger charge is 2.21. The third-order valence-electron chi connectivity index (χ3n) is 2.72. The van der Waals surface area contributed by atoms with Crippen molar-refractivity contribution in [3.05, 3.63) is 12.2 Å². The van der Waals surface area contributed by atoms with Crippen LogP contribution in [-0.4, -0.2) is 23.8 Å². The average molecular weight is 226 g/mol. The van der Waals surface area contributed by atoms with E-state index in [4.69, 9.17) is 9.84 Å². The van der Waals surface area contributed by atoms with Gasteiger partial charge >= 0.3 is 5.97 Å². The molecule has 3 nitrogen and oxygen atoms in total. The highest BCUT2D eigenvalue weighted by atomic mass is 16.5. The minimum absolute atomic E-state index is 0.00711. The number of rotatable bonds is 4. The molecule has 2 atom stereocenters. The van der Waals surface area contributed by atoms with Crippen LogP contribution >= 0.6 is 0 Å². The molecule has 0 aromatic heterocycles. The number of carboxylic acids is 1. The fourth-order valence-electron chi connectivity index (χ4n) is 2.13. The molecule has 0 unspecified atom stereocenters. The molecule has 0 bridgehead atoms. The molecule has 16 heavy (non-hydrogen) atoms. The van der Waals surface area contributed by atoms with Crippen LogP contribution in [0.1, 0.15) is 40.0 Å². The number of allylic oxidation sites excluding steroid dienone is 1. The summed E-state index contributed by atoms with van der Waals surface area (Å²) in [5.74, 6) is -0.283. The average Bonchev–Trinajstić information content (AvgIpc) is 2.14. The summed E-state index contributed by atoms with van der Waals surface area (Å²) in [6, 6.07) is 0. The Morgan fingerprint density at radius 2 is 2.06 bits per heavy atom. The number of carboxylic acid groups (broad SMARTS) is 1. The van der Waals surface area contributed by atoms with Gasteiger partial charge in [0.2, 0.25) is 0 Å². The molecule has 92 valence electrons. The fourth-order valence-corrected chi connectivity index (χ4v) is 2.13. The molecule has 0 radical (unpaired) electrons. The highest BCUT2D eigenvalue weighted by Crippen LogP contribution is 2.31. The maximum absolute atomic E-state index is 10.3. The molecule has 0 saturated heterocycles. The first-order chi connectivity index (χ1) is 7.37. The van der Waals surface area contributed by atoms with Gasteiger partial charge in [0.1, 0.15) is 6.61 Å². The van der Waals surface area contributed by atoms with Crippen LogP contribution in [0.15, 0.2) is 12.2 Å². The summed E-state index contributed by atoms with van der Waals surface area (Å²) in [6.45, 7) is 6.54. The van der Waals surface area contributed by atoms with Gasteiger partial charge < -0.3 is 9.84 Å². The van der Waals surface area contributed by atoms with Crippen LogP contribution in [0, 0.1) is 11.3 Å². The lowest BCUT2D eigenvalue weighted by molar-refractivity contribution is -0.143. The number of aliphatic carboxylic acids is 1. The van der Waals surface area contributed by atoms with Crippen LogP contribution in [0.3, 0.4) is 0 Å². The van der Waals surface area contributed by atoms with Crippen molar-refractivity contribution in [1.29, 1.82) is 0 Å². The van der Waals surface area contributed by atoms with E-state index in [-0.39, 0.29) is 12.7 Å². The van der Waals surface area contributed by atoms with Crippen LogP contribution in [0.25, 0.3) is 0 Å². The van der Waals surface area contributed by atoms with Gasteiger partial charge in [-0.05, 0) is 30.6 Å². The van der Waals surface area contributed by atoms with E-state index in [1.807, 2.05) is 6.08 Å². The molecule has 3 heteroatoms. The van der Waals surface area contributed by atoms with Crippen molar-refractivity contribution in [2.24, 2.45) is 11.3 Å². The lowest BCUT2D eigenvalue weighted by atomic mass is 9.80. The Balaban J connectivity index is 2.34. The summed E-state index contributed by atoms with van der Waals surface area (Å²) >= 11 is 0. The van der Waals surface area contributed by atoms with Gasteiger partial charge in [0, 0.05) is 0 Å². The lowest BCUT2D eigenvalue weighted by Gasteiger charge is -2.28. The van der Waals surface area contributed by atoms with Crippen LogP contribution in [-0.2, 0) is 9.53 Å². The van der Waals surface area contributed by atoms with E-state index in [9.17, 15) is 4.79 Å². The second-order valence-corrected chi connectivity index (χ2v) is 5.73. The first-order valence-corrected chi connectivity index (χ1v) is 5.88. The van der Waals surface area contributed by atoms with Crippen LogP contribution in [0.2, 0.25) is 0 Å². The molecule has 1 aliphatic carbocycles. The van der Waals surface area contributed by atoms with Gasteiger partial charge in [-0.3, -0.25) is 0 Å². The fraction of sp³-hybridized carbons (Fsp3) is 0.769. The zero-order chi connectivity index (χ0) is 12.2. The van der Waals surface area contributed by atoms with Crippen LogP contribution < -0.4 is 0 Å². The Morgan fingerprint density at radius 1 is 1.38 bits per heavy atom. The topological polar surface area (TPSA) is 46.5 Å². The number of carbonyl (C=O) groups is 1. The third kappa shape index (κ3) is 5.31. The molecule has 0 amide bonds. The van der Waals surface area contributed by atoms with Crippen LogP contribution in [0.4, 0.5) is 0 Å². The summed E-state index contributed by atoms with van der Waals surface area (Å²) in [6.07, 6.45) is 7.40. The predicted molar refractivity (Wildman–Crippen MR) is 63.3 cm³/mol. The molecule has 1 rings (SSSR count). The molecule has 0 spiro atoms. The van der Waals surface area contributed by atoms with Crippen molar-refractivity contribution in [2.45, 2.75) is 46.1 Å². The second-order valence-electron chi connectivity index (χ2n) is 5.73. The Hall–Kier alpha value is -0.830. The predicted octanol–water partition coefficient (Wildman–Crippen LogP) is 2.86. The molecule has 0 heterocycles. The Bertz CT molecular complexity index is 263. The van der Waals surface area contributed by atoms with E-state index in [1.165, 1.54) is 6.42 Å². The molecule has 1 N–H and O–H groups in total. The second kappa shape index (κ2) is 5.48. The lowest BCUT2D eigenvalue weighted by Crippen LogP contribution is -2.22. The van der Waals surface area contributed by atoms with Crippen molar-refractivity contribution < 1.29 is 14.6 Å². The minimum atomic E-state index is -0.898. The molecule has 0 fully saturated rings. The van der Waals surface area contributed by atoms with Crippen molar-refractivity contribution >= 4 is 5.97 Å². The normalized spacial score (nSPS) is 25.7. The highest BCUT2D eigenvalue weighted by molar-refractivity contribution is 5.68.